The minimum Gasteiger partial charge on any atom is -0.317 e. The minimum atomic E-state index is -0.515. The molecule has 3 N–H and O–H groups in total. The predicted molar refractivity (Wildman–Crippen MR) is 73.8 cm³/mol. The van der Waals surface area contributed by atoms with Crippen molar-refractivity contribution in [1.82, 2.24) is 5.32 Å². The highest BCUT2D eigenvalue weighted by Gasteiger charge is 2.19. The van der Waals surface area contributed by atoms with E-state index < -0.39 is 4.87 Å². The summed E-state index contributed by atoms with van der Waals surface area (Å²) in [5.41, 5.74) is 8.52. The molecule has 0 aliphatic heterocycles. The van der Waals surface area contributed by atoms with Crippen molar-refractivity contribution < 1.29 is 0 Å². The van der Waals surface area contributed by atoms with Gasteiger partial charge in [-0.15, -0.1) is 0 Å². The summed E-state index contributed by atoms with van der Waals surface area (Å²) in [5.74, 6) is 0. The van der Waals surface area contributed by atoms with Gasteiger partial charge in [0, 0.05) is 6.04 Å². The molecule has 0 aromatic heterocycles. The fraction of sp³-hybridized carbons (Fsp3) is 0.538. The van der Waals surface area contributed by atoms with E-state index in [-0.39, 0.29) is 0 Å². The van der Waals surface area contributed by atoms with Gasteiger partial charge in [0.25, 0.3) is 0 Å². The maximum Gasteiger partial charge on any atom is 0.0844 e. The standard InChI is InChI=1S/C13H22N2S/c1-4-13(14,16)12-7-5-6-11(9-12)8-10(2)15-3/h5-7,9-10,15-16H,4,8,14H2,1-3H3. The van der Waals surface area contributed by atoms with Gasteiger partial charge in [0.1, 0.15) is 0 Å². The Hall–Kier alpha value is -0.510. The Morgan fingerprint density at radius 3 is 2.75 bits per heavy atom. The van der Waals surface area contributed by atoms with Crippen molar-refractivity contribution in [3.05, 3.63) is 35.4 Å². The van der Waals surface area contributed by atoms with Gasteiger partial charge in [0.15, 0.2) is 0 Å². The molecule has 2 atom stereocenters. The number of benzene rings is 1. The lowest BCUT2D eigenvalue weighted by atomic mass is 9.99. The van der Waals surface area contributed by atoms with Crippen molar-refractivity contribution >= 4 is 12.6 Å². The number of nitrogens with two attached hydrogens (primary N) is 1. The van der Waals surface area contributed by atoms with E-state index in [0.717, 1.165) is 18.4 Å². The van der Waals surface area contributed by atoms with Crippen LogP contribution in [0.4, 0.5) is 0 Å². The molecule has 0 saturated heterocycles. The normalized spacial score (nSPS) is 16.8. The molecule has 0 saturated carbocycles. The molecule has 1 rings (SSSR count). The Labute approximate surface area is 104 Å². The first kappa shape index (κ1) is 13.6. The summed E-state index contributed by atoms with van der Waals surface area (Å²) in [7, 11) is 1.98. The van der Waals surface area contributed by atoms with Crippen molar-refractivity contribution in [1.29, 1.82) is 0 Å². The summed E-state index contributed by atoms with van der Waals surface area (Å²) in [4.78, 5) is -0.515. The van der Waals surface area contributed by atoms with Crippen LogP contribution < -0.4 is 11.1 Å². The zero-order chi connectivity index (χ0) is 12.2. The maximum absolute atomic E-state index is 6.12. The third-order valence-electron chi connectivity index (χ3n) is 3.00. The van der Waals surface area contributed by atoms with Crippen molar-refractivity contribution in [2.45, 2.75) is 37.6 Å². The molecule has 0 amide bonds. The second-order valence-electron chi connectivity index (χ2n) is 4.37. The molecule has 0 heterocycles. The van der Waals surface area contributed by atoms with E-state index in [1.54, 1.807) is 0 Å². The lowest BCUT2D eigenvalue weighted by Crippen LogP contribution is -2.29. The molecular formula is C13H22N2S. The van der Waals surface area contributed by atoms with Gasteiger partial charge >= 0.3 is 0 Å². The van der Waals surface area contributed by atoms with Gasteiger partial charge in [0.05, 0.1) is 4.87 Å². The second kappa shape index (κ2) is 5.71. The SMILES string of the molecule is CCC(N)(S)c1cccc(CC(C)NC)c1. The van der Waals surface area contributed by atoms with Crippen LogP contribution in [0.2, 0.25) is 0 Å². The van der Waals surface area contributed by atoms with Crippen LogP contribution in [0.15, 0.2) is 24.3 Å². The summed E-state index contributed by atoms with van der Waals surface area (Å²) >= 11 is 4.50. The van der Waals surface area contributed by atoms with E-state index in [1.165, 1.54) is 5.56 Å². The molecule has 0 radical (unpaired) electrons. The lowest BCUT2D eigenvalue weighted by Gasteiger charge is -2.23. The van der Waals surface area contributed by atoms with Crippen LogP contribution >= 0.6 is 12.6 Å². The molecule has 1 aromatic carbocycles. The van der Waals surface area contributed by atoms with Gasteiger partial charge in [-0.2, -0.15) is 12.6 Å². The van der Waals surface area contributed by atoms with E-state index in [0.29, 0.717) is 6.04 Å². The Morgan fingerprint density at radius 2 is 2.19 bits per heavy atom. The first-order valence-corrected chi connectivity index (χ1v) is 6.22. The van der Waals surface area contributed by atoms with Crippen LogP contribution in [0.1, 0.15) is 31.4 Å². The summed E-state index contributed by atoms with van der Waals surface area (Å²) < 4.78 is 0. The lowest BCUT2D eigenvalue weighted by molar-refractivity contribution is 0.604. The zero-order valence-electron chi connectivity index (χ0n) is 10.3. The molecule has 0 spiro atoms. The molecule has 0 aliphatic rings. The quantitative estimate of drug-likeness (QED) is 0.544. The third kappa shape index (κ3) is 3.51. The highest BCUT2D eigenvalue weighted by Crippen LogP contribution is 2.26. The molecular weight excluding hydrogens is 216 g/mol. The second-order valence-corrected chi connectivity index (χ2v) is 5.17. The summed E-state index contributed by atoms with van der Waals surface area (Å²) in [5, 5.41) is 3.24. The van der Waals surface area contributed by atoms with Gasteiger partial charge in [-0.1, -0.05) is 31.2 Å². The number of hydrogen-bond acceptors (Lipinski definition) is 3. The average molecular weight is 238 g/mol. The number of likely N-dealkylation sites (N-methyl/N-ethyl adjacent to an activating group) is 1. The number of hydrogen-bond donors (Lipinski definition) is 3. The molecule has 0 fully saturated rings. The molecule has 90 valence electrons. The molecule has 3 heteroatoms. The molecule has 1 aromatic rings. The Balaban J connectivity index is 2.87. The van der Waals surface area contributed by atoms with Crippen molar-refractivity contribution in [2.24, 2.45) is 5.73 Å². The van der Waals surface area contributed by atoms with Gasteiger partial charge in [-0.05, 0) is 37.9 Å². The largest absolute Gasteiger partial charge is 0.317 e. The number of nitrogens with one attached hydrogen (secondary N) is 1. The van der Waals surface area contributed by atoms with E-state index in [9.17, 15) is 0 Å². The predicted octanol–water partition coefficient (Wildman–Crippen LogP) is 2.29. The van der Waals surface area contributed by atoms with Gasteiger partial charge in [-0.3, -0.25) is 0 Å². The van der Waals surface area contributed by atoms with Crippen LogP contribution in [0, 0.1) is 0 Å². The Bertz CT molecular complexity index is 336. The molecule has 2 nitrogen and oxygen atoms in total. The Kier molecular flexibility index (Phi) is 4.84. The highest BCUT2D eigenvalue weighted by molar-refractivity contribution is 7.81. The van der Waals surface area contributed by atoms with E-state index in [4.69, 9.17) is 5.73 Å². The van der Waals surface area contributed by atoms with Crippen molar-refractivity contribution in [3.63, 3.8) is 0 Å². The molecule has 2 unspecified atom stereocenters. The van der Waals surface area contributed by atoms with Crippen molar-refractivity contribution in [2.75, 3.05) is 7.05 Å². The van der Waals surface area contributed by atoms with Crippen LogP contribution in [-0.2, 0) is 11.3 Å². The summed E-state index contributed by atoms with van der Waals surface area (Å²) in [6.45, 7) is 4.22. The smallest absolute Gasteiger partial charge is 0.0844 e. The van der Waals surface area contributed by atoms with E-state index in [2.05, 4.69) is 50.0 Å². The van der Waals surface area contributed by atoms with Crippen LogP contribution in [0.3, 0.4) is 0 Å². The monoisotopic (exact) mass is 238 g/mol. The molecule has 0 bridgehead atoms. The molecule has 16 heavy (non-hydrogen) atoms. The number of thiol groups is 1. The van der Waals surface area contributed by atoms with Crippen LogP contribution in [0.5, 0.6) is 0 Å². The minimum absolute atomic E-state index is 0.476. The molecule has 0 aliphatic carbocycles. The summed E-state index contributed by atoms with van der Waals surface area (Å²) in [6, 6.07) is 8.87. The number of rotatable bonds is 5. The first-order valence-electron chi connectivity index (χ1n) is 5.77. The zero-order valence-corrected chi connectivity index (χ0v) is 11.2. The van der Waals surface area contributed by atoms with Gasteiger partial charge < -0.3 is 11.1 Å². The summed E-state index contributed by atoms with van der Waals surface area (Å²) in [6.07, 6.45) is 1.83. The topological polar surface area (TPSA) is 38.0 Å². The van der Waals surface area contributed by atoms with Gasteiger partial charge in [-0.25, -0.2) is 0 Å². The van der Waals surface area contributed by atoms with E-state index >= 15 is 0 Å². The Morgan fingerprint density at radius 1 is 1.50 bits per heavy atom. The van der Waals surface area contributed by atoms with Crippen molar-refractivity contribution in [3.8, 4) is 0 Å². The first-order chi connectivity index (χ1) is 7.49. The fourth-order valence-corrected chi connectivity index (χ4v) is 1.77. The van der Waals surface area contributed by atoms with Gasteiger partial charge in [0.2, 0.25) is 0 Å². The van der Waals surface area contributed by atoms with E-state index in [1.807, 2.05) is 13.1 Å². The third-order valence-corrected chi connectivity index (χ3v) is 3.58. The van der Waals surface area contributed by atoms with Crippen LogP contribution in [-0.4, -0.2) is 13.1 Å². The maximum atomic E-state index is 6.12. The van der Waals surface area contributed by atoms with Crippen LogP contribution in [0.25, 0.3) is 0 Å². The average Bonchev–Trinajstić information content (AvgIpc) is 2.29. The highest BCUT2D eigenvalue weighted by atomic mass is 32.1. The fourth-order valence-electron chi connectivity index (χ4n) is 1.63.